The molecule has 9 nitrogen and oxygen atoms in total. The lowest BCUT2D eigenvalue weighted by Gasteiger charge is -2.37. The Balaban J connectivity index is 1.36. The number of rotatable bonds is 9. The molecule has 3 aromatic rings. The number of nitrogens with zero attached hydrogens (tertiary/aromatic N) is 5. The van der Waals surface area contributed by atoms with E-state index in [4.69, 9.17) is 19.7 Å². The van der Waals surface area contributed by atoms with Gasteiger partial charge < -0.3 is 29.9 Å². The maximum Gasteiger partial charge on any atom is 0.226 e. The Kier molecular flexibility index (Phi) is 7.27. The zero-order valence-electron chi connectivity index (χ0n) is 24.6. The largest absolute Gasteiger partial charge is 0.395 e. The van der Waals surface area contributed by atoms with Crippen LogP contribution in [0.5, 0.6) is 0 Å². The third-order valence-electron chi connectivity index (χ3n) is 10.4. The fourth-order valence-corrected chi connectivity index (χ4v) is 7.47. The van der Waals surface area contributed by atoms with Crippen molar-refractivity contribution in [1.82, 2.24) is 19.5 Å². The van der Waals surface area contributed by atoms with Gasteiger partial charge in [0.15, 0.2) is 11.5 Å². The summed E-state index contributed by atoms with van der Waals surface area (Å²) in [6, 6.07) is 11.5. The molecule has 3 heterocycles. The second-order valence-electron chi connectivity index (χ2n) is 13.1. The predicted molar refractivity (Wildman–Crippen MR) is 162 cm³/mol. The first-order valence-corrected chi connectivity index (χ1v) is 15.9. The normalized spacial score (nSPS) is 29.0. The molecule has 0 radical (unpaired) electrons. The number of aliphatic hydroxyl groups is 1. The summed E-state index contributed by atoms with van der Waals surface area (Å²) < 4.78 is 8.56. The van der Waals surface area contributed by atoms with Gasteiger partial charge in [-0.05, 0) is 61.8 Å². The number of nitrogens with one attached hydrogen (secondary N) is 2. The van der Waals surface area contributed by atoms with Crippen molar-refractivity contribution in [2.75, 3.05) is 48.4 Å². The Labute approximate surface area is 243 Å². The first-order chi connectivity index (χ1) is 20.1. The van der Waals surface area contributed by atoms with E-state index in [-0.39, 0.29) is 12.6 Å². The molecule has 41 heavy (non-hydrogen) atoms. The highest BCUT2D eigenvalue weighted by molar-refractivity contribution is 5.88. The van der Waals surface area contributed by atoms with Crippen LogP contribution in [-0.2, 0) is 4.74 Å². The fourth-order valence-electron chi connectivity index (χ4n) is 7.47. The molecular weight excluding hydrogens is 514 g/mol. The van der Waals surface area contributed by atoms with E-state index in [1.807, 2.05) is 0 Å². The lowest BCUT2D eigenvalue weighted by molar-refractivity contribution is 0.0928. The summed E-state index contributed by atoms with van der Waals surface area (Å²) in [6.07, 6.45) is 10.2. The molecule has 1 aromatic carbocycles. The van der Waals surface area contributed by atoms with Crippen molar-refractivity contribution in [3.63, 3.8) is 0 Å². The van der Waals surface area contributed by atoms with Gasteiger partial charge in [-0.15, -0.1) is 0 Å². The van der Waals surface area contributed by atoms with Crippen LogP contribution in [0.2, 0.25) is 0 Å². The fraction of sp³-hybridized carbons (Fsp3) is 0.656. The standard InChI is InChI=1S/C32H45N7O2/c1-21-11-13-32(14-12-21)19-26(32)39-27-28(34-22(2)23-9-6-10-23)35-30(33-15-17-40)36-29(27)37-31(39)38-16-18-41-20-25(38)24-7-4-3-5-8-24/h3-5,7-8,21-23,25-26,40H,6,9-20H2,1-2H3,(H2,33,34,35,36)/t21?,22-,25+,26?,32?/m1/s1. The van der Waals surface area contributed by atoms with Gasteiger partial charge in [0, 0.05) is 25.2 Å². The molecule has 4 aliphatic rings. The third kappa shape index (κ3) is 5.05. The average Bonchev–Trinajstić information content (AvgIpc) is 3.52. The Morgan fingerprint density at radius 1 is 1.10 bits per heavy atom. The topological polar surface area (TPSA) is 100 Å². The minimum atomic E-state index is 0.0257. The maximum absolute atomic E-state index is 9.49. The summed E-state index contributed by atoms with van der Waals surface area (Å²) in [5.74, 6) is 3.85. The van der Waals surface area contributed by atoms with E-state index in [0.717, 1.165) is 35.4 Å². The monoisotopic (exact) mass is 559 g/mol. The van der Waals surface area contributed by atoms with E-state index in [1.54, 1.807) is 0 Å². The van der Waals surface area contributed by atoms with E-state index in [9.17, 15) is 5.11 Å². The molecule has 0 bridgehead atoms. The van der Waals surface area contributed by atoms with Gasteiger partial charge in [0.25, 0.3) is 0 Å². The minimum Gasteiger partial charge on any atom is -0.395 e. The third-order valence-corrected chi connectivity index (χ3v) is 10.4. The Hall–Kier alpha value is -2.91. The van der Waals surface area contributed by atoms with E-state index < -0.39 is 0 Å². The molecule has 1 aliphatic heterocycles. The number of benzene rings is 1. The van der Waals surface area contributed by atoms with Crippen LogP contribution < -0.4 is 15.5 Å². The summed E-state index contributed by atoms with van der Waals surface area (Å²) in [5, 5.41) is 16.5. The number of aliphatic hydroxyl groups excluding tert-OH is 1. The molecule has 1 unspecified atom stereocenters. The van der Waals surface area contributed by atoms with Crippen molar-refractivity contribution in [3.05, 3.63) is 35.9 Å². The second kappa shape index (κ2) is 11.1. The first kappa shape index (κ1) is 27.0. The summed E-state index contributed by atoms with van der Waals surface area (Å²) in [4.78, 5) is 17.7. The van der Waals surface area contributed by atoms with Crippen molar-refractivity contribution < 1.29 is 9.84 Å². The van der Waals surface area contributed by atoms with Crippen LogP contribution in [0.4, 0.5) is 17.7 Å². The number of anilines is 3. The minimum absolute atomic E-state index is 0.0257. The zero-order chi connectivity index (χ0) is 28.0. The van der Waals surface area contributed by atoms with Crippen molar-refractivity contribution in [2.45, 2.75) is 83.3 Å². The van der Waals surface area contributed by atoms with Crippen molar-refractivity contribution >= 4 is 28.9 Å². The molecule has 0 amide bonds. The molecule has 2 aromatic heterocycles. The van der Waals surface area contributed by atoms with Gasteiger partial charge in [-0.25, -0.2) is 0 Å². The second-order valence-corrected chi connectivity index (χ2v) is 13.1. The van der Waals surface area contributed by atoms with Crippen molar-refractivity contribution in [3.8, 4) is 0 Å². The Bertz CT molecular complexity index is 1350. The van der Waals surface area contributed by atoms with Crippen LogP contribution in [0.1, 0.15) is 82.9 Å². The molecule has 3 N–H and O–H groups in total. The van der Waals surface area contributed by atoms with Crippen LogP contribution >= 0.6 is 0 Å². The van der Waals surface area contributed by atoms with Gasteiger partial charge in [0.1, 0.15) is 5.52 Å². The van der Waals surface area contributed by atoms with Gasteiger partial charge in [-0.2, -0.15) is 15.0 Å². The smallest absolute Gasteiger partial charge is 0.226 e. The average molecular weight is 560 g/mol. The Morgan fingerprint density at radius 3 is 2.63 bits per heavy atom. The van der Waals surface area contributed by atoms with Gasteiger partial charge in [-0.3, -0.25) is 0 Å². The quantitative estimate of drug-likeness (QED) is 0.314. The van der Waals surface area contributed by atoms with Crippen molar-refractivity contribution in [1.29, 1.82) is 0 Å². The Morgan fingerprint density at radius 2 is 1.90 bits per heavy atom. The highest BCUT2D eigenvalue weighted by atomic mass is 16.5. The molecule has 3 atom stereocenters. The summed E-state index contributed by atoms with van der Waals surface area (Å²) in [7, 11) is 0. The van der Waals surface area contributed by atoms with Gasteiger partial charge in [0.2, 0.25) is 11.9 Å². The molecular formula is C32H45N7O2. The number of aromatic nitrogens is 4. The van der Waals surface area contributed by atoms with E-state index >= 15 is 0 Å². The number of imidazole rings is 1. The van der Waals surface area contributed by atoms with Crippen LogP contribution in [0, 0.1) is 17.3 Å². The number of fused-ring (bicyclic) bond motifs is 1. The van der Waals surface area contributed by atoms with E-state index in [0.29, 0.717) is 49.1 Å². The predicted octanol–water partition coefficient (Wildman–Crippen LogP) is 5.55. The van der Waals surface area contributed by atoms with Crippen LogP contribution in [0.25, 0.3) is 11.2 Å². The van der Waals surface area contributed by atoms with Gasteiger partial charge >= 0.3 is 0 Å². The van der Waals surface area contributed by atoms with E-state index in [1.165, 1.54) is 56.9 Å². The molecule has 220 valence electrons. The van der Waals surface area contributed by atoms with E-state index in [2.05, 4.69) is 64.3 Å². The molecule has 7 rings (SSSR count). The molecule has 1 spiro atoms. The number of hydrogen-bond acceptors (Lipinski definition) is 8. The van der Waals surface area contributed by atoms with Gasteiger partial charge in [0.05, 0.1) is 25.9 Å². The number of morpholine rings is 1. The zero-order valence-corrected chi connectivity index (χ0v) is 24.6. The summed E-state index contributed by atoms with van der Waals surface area (Å²) >= 11 is 0. The number of ether oxygens (including phenoxy) is 1. The molecule has 4 fully saturated rings. The van der Waals surface area contributed by atoms with Gasteiger partial charge in [-0.1, -0.05) is 56.5 Å². The van der Waals surface area contributed by atoms with Crippen molar-refractivity contribution in [2.24, 2.45) is 17.3 Å². The molecule has 3 saturated carbocycles. The molecule has 1 saturated heterocycles. The highest BCUT2D eigenvalue weighted by Gasteiger charge is 2.57. The summed E-state index contributed by atoms with van der Waals surface area (Å²) in [6.45, 7) is 7.22. The van der Waals surface area contributed by atoms with Crippen LogP contribution in [0.3, 0.4) is 0 Å². The first-order valence-electron chi connectivity index (χ1n) is 15.9. The molecule has 3 aliphatic carbocycles. The lowest BCUT2D eigenvalue weighted by atomic mass is 9.80. The SMILES string of the molecule is CC1CCC2(CC1)CC2n1c(N2CCOC[C@H]2c2ccccc2)nc2nc(NCCO)nc(N[C@H](C)C3CCC3)c21. The summed E-state index contributed by atoms with van der Waals surface area (Å²) in [5.41, 5.74) is 3.34. The lowest BCUT2D eigenvalue weighted by Crippen LogP contribution is -2.41. The number of hydrogen-bond donors (Lipinski definition) is 3. The van der Waals surface area contributed by atoms with Crippen LogP contribution in [0.15, 0.2) is 30.3 Å². The maximum atomic E-state index is 9.49. The van der Waals surface area contributed by atoms with Crippen LogP contribution in [-0.4, -0.2) is 63.6 Å². The molecule has 9 heteroatoms. The highest BCUT2D eigenvalue weighted by Crippen LogP contribution is 2.66.